The van der Waals surface area contributed by atoms with Crippen molar-refractivity contribution >= 4 is 22.7 Å². The summed E-state index contributed by atoms with van der Waals surface area (Å²) in [6.45, 7) is 9.47. The first-order chi connectivity index (χ1) is 10.2. The van der Waals surface area contributed by atoms with Crippen molar-refractivity contribution in [3.63, 3.8) is 0 Å². The van der Waals surface area contributed by atoms with Gasteiger partial charge < -0.3 is 0 Å². The molecule has 1 N–H and O–H groups in total. The second kappa shape index (κ2) is 7.90. The van der Waals surface area contributed by atoms with Crippen molar-refractivity contribution in [1.29, 1.82) is 0 Å². The van der Waals surface area contributed by atoms with E-state index in [2.05, 4.69) is 58.5 Å². The summed E-state index contributed by atoms with van der Waals surface area (Å²) in [5.74, 6) is 0. The minimum atomic E-state index is 0.822. The Morgan fingerprint density at radius 3 is 2.81 bits per heavy atom. The van der Waals surface area contributed by atoms with Gasteiger partial charge in [0.05, 0.1) is 11.9 Å². The highest BCUT2D eigenvalue weighted by Gasteiger charge is 2.01. The maximum Gasteiger partial charge on any atom is 0.203 e. The molecule has 0 saturated carbocycles. The number of rotatable bonds is 7. The van der Waals surface area contributed by atoms with Gasteiger partial charge in [0, 0.05) is 11.9 Å². The molecule has 0 fully saturated rings. The van der Waals surface area contributed by atoms with Crippen LogP contribution in [-0.4, -0.2) is 29.2 Å². The molecule has 5 heteroatoms. The van der Waals surface area contributed by atoms with Crippen LogP contribution in [0.2, 0.25) is 0 Å². The Hall–Kier alpha value is -1.72. The number of anilines is 1. The Balaban J connectivity index is 1.97. The first kappa shape index (κ1) is 15.7. The summed E-state index contributed by atoms with van der Waals surface area (Å²) in [4.78, 5) is 6.70. The van der Waals surface area contributed by atoms with Crippen LogP contribution < -0.4 is 5.43 Å². The van der Waals surface area contributed by atoms with Crippen LogP contribution in [-0.2, 0) is 6.54 Å². The Bertz CT molecular complexity index is 587. The lowest BCUT2D eigenvalue weighted by atomic mass is 10.1. The van der Waals surface area contributed by atoms with Crippen LogP contribution in [0.5, 0.6) is 0 Å². The van der Waals surface area contributed by atoms with Crippen molar-refractivity contribution in [3.05, 3.63) is 46.5 Å². The van der Waals surface area contributed by atoms with E-state index in [-0.39, 0.29) is 0 Å². The molecule has 0 radical (unpaired) electrons. The van der Waals surface area contributed by atoms with Crippen molar-refractivity contribution < 1.29 is 0 Å². The number of nitrogens with zero attached hydrogens (tertiary/aromatic N) is 3. The van der Waals surface area contributed by atoms with Crippen LogP contribution in [0.4, 0.5) is 5.13 Å². The van der Waals surface area contributed by atoms with Crippen molar-refractivity contribution in [2.75, 3.05) is 18.5 Å². The minimum Gasteiger partial charge on any atom is -0.300 e. The topological polar surface area (TPSA) is 40.5 Å². The standard InChI is InChI=1S/C16H22N4S/c1-4-20(5-2)11-15-8-6-7-14(9-15)10-17-19-16-18-13(3)12-21-16/h6-10,12H,4-5,11H2,1-3H3,(H,18,19). The number of aryl methyl sites for hydroxylation is 1. The molecule has 2 rings (SSSR count). The molecule has 0 aliphatic rings. The summed E-state index contributed by atoms with van der Waals surface area (Å²) < 4.78 is 0. The number of thiazole rings is 1. The molecule has 0 atom stereocenters. The van der Waals surface area contributed by atoms with E-state index in [9.17, 15) is 0 Å². The van der Waals surface area contributed by atoms with Gasteiger partial charge in [0.15, 0.2) is 0 Å². The van der Waals surface area contributed by atoms with E-state index >= 15 is 0 Å². The SMILES string of the molecule is CCN(CC)Cc1cccc(C=NNc2nc(C)cs2)c1. The average Bonchev–Trinajstić information content (AvgIpc) is 2.91. The highest BCUT2D eigenvalue weighted by molar-refractivity contribution is 7.13. The van der Waals surface area contributed by atoms with Crippen molar-refractivity contribution in [2.45, 2.75) is 27.3 Å². The Morgan fingerprint density at radius 1 is 1.33 bits per heavy atom. The number of hydrogen-bond acceptors (Lipinski definition) is 5. The molecular formula is C16H22N4S. The zero-order valence-corrected chi connectivity index (χ0v) is 13.7. The summed E-state index contributed by atoms with van der Waals surface area (Å²) in [7, 11) is 0. The lowest BCUT2D eigenvalue weighted by molar-refractivity contribution is 0.296. The molecule has 1 aromatic heterocycles. The van der Waals surface area contributed by atoms with Gasteiger partial charge in [-0.3, -0.25) is 10.3 Å². The van der Waals surface area contributed by atoms with Crippen LogP contribution in [0.1, 0.15) is 30.7 Å². The second-order valence-electron chi connectivity index (χ2n) is 4.87. The fourth-order valence-electron chi connectivity index (χ4n) is 2.04. The molecule has 0 amide bonds. The fourth-order valence-corrected chi connectivity index (χ4v) is 2.68. The lowest BCUT2D eigenvalue weighted by Crippen LogP contribution is -2.22. The molecule has 0 aliphatic heterocycles. The maximum atomic E-state index is 4.31. The van der Waals surface area contributed by atoms with Crippen LogP contribution >= 0.6 is 11.3 Å². The van der Waals surface area contributed by atoms with E-state index in [1.165, 1.54) is 5.56 Å². The first-order valence-corrected chi connectivity index (χ1v) is 8.11. The third-order valence-corrected chi connectivity index (χ3v) is 4.11. The smallest absolute Gasteiger partial charge is 0.203 e. The molecule has 2 aromatic rings. The molecule has 0 spiro atoms. The molecule has 0 aliphatic carbocycles. The summed E-state index contributed by atoms with van der Waals surface area (Å²) in [5.41, 5.74) is 6.39. The Kier molecular flexibility index (Phi) is 5.90. The lowest BCUT2D eigenvalue weighted by Gasteiger charge is -2.18. The van der Waals surface area contributed by atoms with Crippen LogP contribution in [0, 0.1) is 6.92 Å². The molecule has 21 heavy (non-hydrogen) atoms. The monoisotopic (exact) mass is 302 g/mol. The third-order valence-electron chi connectivity index (χ3n) is 3.24. The fraction of sp³-hybridized carbons (Fsp3) is 0.375. The van der Waals surface area contributed by atoms with Gasteiger partial charge in [0.2, 0.25) is 5.13 Å². The predicted octanol–water partition coefficient (Wildman–Crippen LogP) is 3.74. The quantitative estimate of drug-likeness (QED) is 0.625. The normalized spacial score (nSPS) is 11.4. The summed E-state index contributed by atoms with van der Waals surface area (Å²) in [5, 5.41) is 7.07. The van der Waals surface area contributed by atoms with Crippen molar-refractivity contribution in [1.82, 2.24) is 9.88 Å². The minimum absolute atomic E-state index is 0.822. The van der Waals surface area contributed by atoms with E-state index in [1.54, 1.807) is 11.3 Å². The van der Waals surface area contributed by atoms with Crippen molar-refractivity contribution in [3.8, 4) is 0 Å². The predicted molar refractivity (Wildman–Crippen MR) is 91.1 cm³/mol. The van der Waals surface area contributed by atoms with E-state index in [4.69, 9.17) is 0 Å². The largest absolute Gasteiger partial charge is 0.300 e. The summed E-state index contributed by atoms with van der Waals surface area (Å²) in [6.07, 6.45) is 1.84. The van der Waals surface area contributed by atoms with Gasteiger partial charge in [-0.05, 0) is 37.2 Å². The van der Waals surface area contributed by atoms with Gasteiger partial charge in [-0.15, -0.1) is 11.3 Å². The maximum absolute atomic E-state index is 4.31. The zero-order chi connectivity index (χ0) is 15.1. The molecule has 0 unspecified atom stereocenters. The van der Waals surface area contributed by atoms with Crippen LogP contribution in [0.25, 0.3) is 0 Å². The molecular weight excluding hydrogens is 280 g/mol. The van der Waals surface area contributed by atoms with Crippen LogP contribution in [0.15, 0.2) is 34.7 Å². The number of hydrazone groups is 1. The molecule has 0 saturated heterocycles. The van der Waals surface area contributed by atoms with Crippen molar-refractivity contribution in [2.24, 2.45) is 5.10 Å². The number of hydrogen-bond donors (Lipinski definition) is 1. The first-order valence-electron chi connectivity index (χ1n) is 7.23. The Morgan fingerprint density at radius 2 is 2.14 bits per heavy atom. The van der Waals surface area contributed by atoms with E-state index in [1.807, 2.05) is 18.5 Å². The van der Waals surface area contributed by atoms with Crippen LogP contribution in [0.3, 0.4) is 0 Å². The van der Waals surface area contributed by atoms with Gasteiger partial charge in [0.1, 0.15) is 0 Å². The van der Waals surface area contributed by atoms with Gasteiger partial charge in [-0.25, -0.2) is 4.98 Å². The number of benzene rings is 1. The number of aromatic nitrogens is 1. The molecule has 4 nitrogen and oxygen atoms in total. The van der Waals surface area contributed by atoms with Gasteiger partial charge >= 0.3 is 0 Å². The second-order valence-corrected chi connectivity index (χ2v) is 5.73. The zero-order valence-electron chi connectivity index (χ0n) is 12.8. The van der Waals surface area contributed by atoms with Gasteiger partial charge in [-0.1, -0.05) is 32.0 Å². The number of nitrogens with one attached hydrogen (secondary N) is 1. The highest BCUT2D eigenvalue weighted by Crippen LogP contribution is 2.14. The molecule has 1 aromatic carbocycles. The average molecular weight is 302 g/mol. The summed E-state index contributed by atoms with van der Waals surface area (Å²) >= 11 is 1.56. The van der Waals surface area contributed by atoms with E-state index in [0.29, 0.717) is 0 Å². The summed E-state index contributed by atoms with van der Waals surface area (Å²) in [6, 6.07) is 8.47. The van der Waals surface area contributed by atoms with E-state index in [0.717, 1.165) is 36.0 Å². The van der Waals surface area contributed by atoms with Gasteiger partial charge in [-0.2, -0.15) is 5.10 Å². The molecule has 0 bridgehead atoms. The highest BCUT2D eigenvalue weighted by atomic mass is 32.1. The molecule has 1 heterocycles. The third kappa shape index (κ3) is 4.95. The molecule has 112 valence electrons. The Labute approximate surface area is 130 Å². The van der Waals surface area contributed by atoms with E-state index < -0.39 is 0 Å². The van der Waals surface area contributed by atoms with Gasteiger partial charge in [0.25, 0.3) is 0 Å².